The minimum Gasteiger partial charge on any atom is -0.357 e. The maximum atomic E-state index is 4.42. The molecule has 0 bridgehead atoms. The van der Waals surface area contributed by atoms with Gasteiger partial charge in [-0.1, -0.05) is 6.92 Å². The van der Waals surface area contributed by atoms with Crippen LogP contribution >= 0.6 is 35.7 Å². The predicted octanol–water partition coefficient (Wildman–Crippen LogP) is 2.32. The van der Waals surface area contributed by atoms with Crippen molar-refractivity contribution >= 4 is 41.7 Å². The van der Waals surface area contributed by atoms with Crippen LogP contribution in [-0.2, 0) is 0 Å². The number of hydrogen-bond acceptors (Lipinski definition) is 2. The number of nitrogens with one attached hydrogen (secondary N) is 2. The van der Waals surface area contributed by atoms with E-state index < -0.39 is 0 Å². The normalized spacial score (nSPS) is 10.7. The van der Waals surface area contributed by atoms with Crippen LogP contribution in [0.15, 0.2) is 4.99 Å². The summed E-state index contributed by atoms with van der Waals surface area (Å²) in [6, 6.07) is 0. The van der Waals surface area contributed by atoms with Gasteiger partial charge in [-0.2, -0.15) is 11.8 Å². The van der Waals surface area contributed by atoms with Crippen molar-refractivity contribution in [2.45, 2.75) is 26.7 Å². The van der Waals surface area contributed by atoms with E-state index in [2.05, 4.69) is 35.7 Å². The molecule has 0 atom stereocenters. The summed E-state index contributed by atoms with van der Waals surface area (Å²) in [7, 11) is 0. The Morgan fingerprint density at radius 3 is 2.53 bits per heavy atom. The van der Waals surface area contributed by atoms with E-state index in [1.54, 1.807) is 0 Å². The summed E-state index contributed by atoms with van der Waals surface area (Å²) < 4.78 is 0. The van der Waals surface area contributed by atoms with E-state index in [1.807, 2.05) is 11.8 Å². The number of aliphatic imine (C=N–C) groups is 1. The van der Waals surface area contributed by atoms with Crippen molar-refractivity contribution in [3.8, 4) is 0 Å². The van der Waals surface area contributed by atoms with Gasteiger partial charge < -0.3 is 10.6 Å². The van der Waals surface area contributed by atoms with Crippen molar-refractivity contribution in [2.24, 2.45) is 4.99 Å². The second kappa shape index (κ2) is 14.3. The Hall–Kier alpha value is 0.350. The summed E-state index contributed by atoms with van der Waals surface area (Å²) in [6.07, 6.45) is 4.43. The molecular formula is C10H24IN3S. The van der Waals surface area contributed by atoms with Crippen LogP contribution in [0.5, 0.6) is 0 Å². The van der Waals surface area contributed by atoms with E-state index in [0.717, 1.165) is 32.0 Å². The largest absolute Gasteiger partial charge is 0.357 e. The third-order valence-corrected chi connectivity index (χ3v) is 2.35. The van der Waals surface area contributed by atoms with E-state index >= 15 is 0 Å². The molecule has 0 rings (SSSR count). The first kappa shape index (κ1) is 17.7. The first-order chi connectivity index (χ1) is 6.85. The van der Waals surface area contributed by atoms with Crippen molar-refractivity contribution in [1.29, 1.82) is 0 Å². The second-order valence-corrected chi connectivity index (χ2v) is 4.02. The lowest BCUT2D eigenvalue weighted by molar-refractivity contribution is 0.785. The highest BCUT2D eigenvalue weighted by Gasteiger charge is 1.94. The van der Waals surface area contributed by atoms with Crippen molar-refractivity contribution in [3.05, 3.63) is 0 Å². The molecule has 0 radical (unpaired) electrons. The lowest BCUT2D eigenvalue weighted by Crippen LogP contribution is -2.38. The molecule has 0 aromatic rings. The molecule has 0 fully saturated rings. The topological polar surface area (TPSA) is 36.4 Å². The molecule has 0 spiro atoms. The minimum atomic E-state index is 0. The highest BCUT2D eigenvalue weighted by Crippen LogP contribution is 1.93. The molecule has 0 aliphatic rings. The van der Waals surface area contributed by atoms with Gasteiger partial charge in [0, 0.05) is 19.6 Å². The number of guanidine groups is 1. The smallest absolute Gasteiger partial charge is 0.191 e. The van der Waals surface area contributed by atoms with E-state index in [4.69, 9.17) is 0 Å². The molecule has 92 valence electrons. The fraction of sp³-hybridized carbons (Fsp3) is 0.900. The van der Waals surface area contributed by atoms with E-state index in [-0.39, 0.29) is 24.0 Å². The zero-order valence-electron chi connectivity index (χ0n) is 10.0. The van der Waals surface area contributed by atoms with Crippen LogP contribution in [0.2, 0.25) is 0 Å². The summed E-state index contributed by atoms with van der Waals surface area (Å²) in [4.78, 5) is 4.42. The molecule has 0 aromatic carbocycles. The third kappa shape index (κ3) is 12.3. The average molecular weight is 345 g/mol. The quantitative estimate of drug-likeness (QED) is 0.322. The SMILES string of the molecule is CCCN=C(NCC)NCCCSC.I. The monoisotopic (exact) mass is 345 g/mol. The second-order valence-electron chi connectivity index (χ2n) is 3.03. The van der Waals surface area contributed by atoms with Gasteiger partial charge in [0.15, 0.2) is 5.96 Å². The van der Waals surface area contributed by atoms with Crippen molar-refractivity contribution in [3.63, 3.8) is 0 Å². The van der Waals surface area contributed by atoms with E-state index in [1.165, 1.54) is 12.2 Å². The number of nitrogens with zero attached hydrogens (tertiary/aromatic N) is 1. The summed E-state index contributed by atoms with van der Waals surface area (Å²) in [5.74, 6) is 2.16. The molecule has 0 heterocycles. The Bertz CT molecular complexity index is 154. The molecule has 15 heavy (non-hydrogen) atoms. The van der Waals surface area contributed by atoms with Crippen LogP contribution in [0.3, 0.4) is 0 Å². The fourth-order valence-corrected chi connectivity index (χ4v) is 1.42. The van der Waals surface area contributed by atoms with Crippen LogP contribution in [0.25, 0.3) is 0 Å². The molecule has 3 nitrogen and oxygen atoms in total. The molecule has 0 saturated carbocycles. The number of halogens is 1. The van der Waals surface area contributed by atoms with E-state index in [9.17, 15) is 0 Å². The van der Waals surface area contributed by atoms with Gasteiger partial charge in [-0.05, 0) is 31.8 Å². The first-order valence-electron chi connectivity index (χ1n) is 5.36. The molecule has 5 heteroatoms. The molecule has 2 N–H and O–H groups in total. The van der Waals surface area contributed by atoms with Crippen molar-refractivity contribution in [2.75, 3.05) is 31.6 Å². The zero-order valence-corrected chi connectivity index (χ0v) is 13.2. The molecule has 0 unspecified atom stereocenters. The van der Waals surface area contributed by atoms with Gasteiger partial charge in [0.25, 0.3) is 0 Å². The Kier molecular flexibility index (Phi) is 17.0. The summed E-state index contributed by atoms with van der Waals surface area (Å²) >= 11 is 1.88. The average Bonchev–Trinajstić information content (AvgIpc) is 2.20. The van der Waals surface area contributed by atoms with Crippen LogP contribution in [0.1, 0.15) is 26.7 Å². The summed E-state index contributed by atoms with van der Waals surface area (Å²) in [6.45, 7) is 7.07. The standard InChI is InChI=1S/C10H23N3S.HI/c1-4-7-12-10(11-5-2)13-8-6-9-14-3;/h4-9H2,1-3H3,(H2,11,12,13);1H. The fourth-order valence-electron chi connectivity index (χ4n) is 0.989. The summed E-state index contributed by atoms with van der Waals surface area (Å²) in [5, 5.41) is 6.54. The zero-order chi connectivity index (χ0) is 10.6. The van der Waals surface area contributed by atoms with Gasteiger partial charge in [0.2, 0.25) is 0 Å². The Balaban J connectivity index is 0. The highest BCUT2D eigenvalue weighted by molar-refractivity contribution is 14.0. The van der Waals surface area contributed by atoms with Crippen LogP contribution < -0.4 is 10.6 Å². The van der Waals surface area contributed by atoms with E-state index in [0.29, 0.717) is 0 Å². The molecule has 0 aromatic heterocycles. The van der Waals surface area contributed by atoms with Crippen molar-refractivity contribution in [1.82, 2.24) is 10.6 Å². The van der Waals surface area contributed by atoms with Gasteiger partial charge in [-0.3, -0.25) is 4.99 Å². The maximum absolute atomic E-state index is 4.42. The van der Waals surface area contributed by atoms with Gasteiger partial charge in [-0.15, -0.1) is 24.0 Å². The number of thioether (sulfide) groups is 1. The van der Waals surface area contributed by atoms with Gasteiger partial charge in [-0.25, -0.2) is 0 Å². The Morgan fingerprint density at radius 1 is 1.27 bits per heavy atom. The first-order valence-corrected chi connectivity index (χ1v) is 6.75. The lowest BCUT2D eigenvalue weighted by atomic mass is 10.5. The number of rotatable bonds is 7. The minimum absolute atomic E-state index is 0. The van der Waals surface area contributed by atoms with Gasteiger partial charge in [0.05, 0.1) is 0 Å². The van der Waals surface area contributed by atoms with Gasteiger partial charge in [0.1, 0.15) is 0 Å². The third-order valence-electron chi connectivity index (χ3n) is 1.66. The highest BCUT2D eigenvalue weighted by atomic mass is 127. The lowest BCUT2D eigenvalue weighted by Gasteiger charge is -2.10. The number of hydrogen-bond donors (Lipinski definition) is 2. The molecular weight excluding hydrogens is 321 g/mol. The molecule has 0 amide bonds. The molecule has 0 saturated heterocycles. The molecule has 0 aliphatic heterocycles. The van der Waals surface area contributed by atoms with Crippen molar-refractivity contribution < 1.29 is 0 Å². The van der Waals surface area contributed by atoms with Crippen LogP contribution in [-0.4, -0.2) is 37.6 Å². The predicted molar refractivity (Wildman–Crippen MR) is 82.7 cm³/mol. The molecule has 0 aliphatic carbocycles. The Labute approximate surface area is 115 Å². The Morgan fingerprint density at radius 2 is 2.00 bits per heavy atom. The summed E-state index contributed by atoms with van der Waals surface area (Å²) in [5.41, 5.74) is 0. The van der Waals surface area contributed by atoms with Gasteiger partial charge >= 0.3 is 0 Å². The maximum Gasteiger partial charge on any atom is 0.191 e. The van der Waals surface area contributed by atoms with Crippen LogP contribution in [0, 0.1) is 0 Å². The van der Waals surface area contributed by atoms with Crippen LogP contribution in [0.4, 0.5) is 0 Å².